The molecule has 1 atom stereocenters. The molecule has 0 bridgehead atoms. The first-order chi connectivity index (χ1) is 17.5. The van der Waals surface area contributed by atoms with Crippen LogP contribution >= 0.6 is 15.9 Å². The molecular formula is C26H23BrN6O3. The van der Waals surface area contributed by atoms with Gasteiger partial charge in [-0.05, 0) is 48.9 Å². The van der Waals surface area contributed by atoms with Gasteiger partial charge in [-0.15, -0.1) is 5.10 Å². The fourth-order valence-corrected chi connectivity index (χ4v) is 4.54. The highest BCUT2D eigenvalue weighted by Gasteiger charge is 2.34. The number of methoxy groups -OCH3 is 2. The molecule has 9 nitrogen and oxygen atoms in total. The Morgan fingerprint density at radius 1 is 1.08 bits per heavy atom. The molecule has 2 aromatic carbocycles. The van der Waals surface area contributed by atoms with Crippen LogP contribution in [0.25, 0.3) is 11.4 Å². The summed E-state index contributed by atoms with van der Waals surface area (Å²) >= 11 is 3.55. The largest absolute Gasteiger partial charge is 0.497 e. The van der Waals surface area contributed by atoms with Crippen molar-refractivity contribution >= 4 is 33.5 Å². The molecular weight excluding hydrogens is 524 g/mol. The number of fused-ring (bicyclic) bond motifs is 1. The molecule has 4 aromatic rings. The number of amides is 1. The third-order valence-electron chi connectivity index (χ3n) is 5.79. The molecule has 1 unspecified atom stereocenters. The number of pyridine rings is 1. The lowest BCUT2D eigenvalue weighted by Crippen LogP contribution is -2.31. The lowest BCUT2D eigenvalue weighted by Gasteiger charge is -2.28. The minimum absolute atomic E-state index is 0.260. The van der Waals surface area contributed by atoms with Gasteiger partial charge in [-0.2, -0.15) is 4.98 Å². The number of rotatable bonds is 6. The number of carbonyl (C=O) groups excluding carboxylic acids is 1. The predicted molar refractivity (Wildman–Crippen MR) is 140 cm³/mol. The van der Waals surface area contributed by atoms with E-state index < -0.39 is 6.04 Å². The van der Waals surface area contributed by atoms with Crippen molar-refractivity contribution in [1.82, 2.24) is 19.7 Å². The summed E-state index contributed by atoms with van der Waals surface area (Å²) in [7, 11) is 3.19. The Balaban J connectivity index is 1.62. The Kier molecular flexibility index (Phi) is 6.43. The maximum Gasteiger partial charge on any atom is 0.255 e. The summed E-state index contributed by atoms with van der Waals surface area (Å²) in [6.45, 7) is 1.86. The van der Waals surface area contributed by atoms with E-state index in [0.29, 0.717) is 40.2 Å². The van der Waals surface area contributed by atoms with Gasteiger partial charge < -0.3 is 20.1 Å². The van der Waals surface area contributed by atoms with Crippen LogP contribution in [0.5, 0.6) is 11.5 Å². The Labute approximate surface area is 216 Å². The van der Waals surface area contributed by atoms with Crippen molar-refractivity contribution in [2.24, 2.45) is 0 Å². The molecule has 182 valence electrons. The van der Waals surface area contributed by atoms with Crippen LogP contribution in [0, 0.1) is 0 Å². The first-order valence-corrected chi connectivity index (χ1v) is 11.9. The molecule has 10 heteroatoms. The smallest absolute Gasteiger partial charge is 0.255 e. The molecule has 1 aliphatic heterocycles. The van der Waals surface area contributed by atoms with Crippen LogP contribution in [0.3, 0.4) is 0 Å². The van der Waals surface area contributed by atoms with Crippen LogP contribution in [0.2, 0.25) is 0 Å². The van der Waals surface area contributed by atoms with Gasteiger partial charge in [0.05, 0.1) is 31.7 Å². The number of anilines is 2. The fourth-order valence-electron chi connectivity index (χ4n) is 4.12. The monoisotopic (exact) mass is 546 g/mol. The van der Waals surface area contributed by atoms with Crippen molar-refractivity contribution < 1.29 is 14.3 Å². The number of benzene rings is 2. The Hall–Kier alpha value is -4.18. The first kappa shape index (κ1) is 23.6. The van der Waals surface area contributed by atoms with E-state index in [2.05, 4.69) is 31.5 Å². The van der Waals surface area contributed by atoms with E-state index in [0.717, 1.165) is 15.6 Å². The van der Waals surface area contributed by atoms with Gasteiger partial charge in [0.15, 0.2) is 5.82 Å². The second kappa shape index (κ2) is 9.82. The third-order valence-corrected chi connectivity index (χ3v) is 6.28. The minimum Gasteiger partial charge on any atom is -0.497 e. The summed E-state index contributed by atoms with van der Waals surface area (Å²) in [6.07, 6.45) is 3.26. The van der Waals surface area contributed by atoms with E-state index in [9.17, 15) is 4.79 Å². The maximum absolute atomic E-state index is 13.6. The average molecular weight is 547 g/mol. The maximum atomic E-state index is 13.6. The van der Waals surface area contributed by atoms with Gasteiger partial charge in [-0.25, -0.2) is 4.68 Å². The van der Waals surface area contributed by atoms with Crippen LogP contribution in [-0.2, 0) is 4.79 Å². The van der Waals surface area contributed by atoms with Gasteiger partial charge in [-0.3, -0.25) is 9.78 Å². The minimum atomic E-state index is -0.524. The molecule has 0 spiro atoms. The topological polar surface area (TPSA) is 103 Å². The summed E-state index contributed by atoms with van der Waals surface area (Å²) < 4.78 is 13.5. The van der Waals surface area contributed by atoms with Crippen LogP contribution < -0.4 is 20.1 Å². The molecule has 0 radical (unpaired) electrons. The van der Waals surface area contributed by atoms with Gasteiger partial charge in [0.1, 0.15) is 17.5 Å². The summed E-state index contributed by atoms with van der Waals surface area (Å²) in [5, 5.41) is 11.0. The summed E-state index contributed by atoms with van der Waals surface area (Å²) in [6, 6.07) is 16.3. The number of hydrogen-bond donors (Lipinski definition) is 2. The van der Waals surface area contributed by atoms with E-state index in [-0.39, 0.29) is 5.91 Å². The van der Waals surface area contributed by atoms with E-state index in [1.54, 1.807) is 49.5 Å². The number of ether oxygens (including phenoxy) is 2. The lowest BCUT2D eigenvalue weighted by atomic mass is 9.95. The molecule has 2 aromatic heterocycles. The van der Waals surface area contributed by atoms with Crippen LogP contribution in [0.15, 0.2) is 82.7 Å². The third kappa shape index (κ3) is 4.55. The number of halogens is 1. The quantitative estimate of drug-likeness (QED) is 0.348. The molecule has 1 amide bonds. The SMILES string of the molecule is COc1cc(OC)cc(-c2nc3n(n2)C(c2cccc(Br)c2)C(C(=O)Nc2cccnc2)=C(C)N3)c1. The summed E-state index contributed by atoms with van der Waals surface area (Å²) in [5.74, 6) is 1.98. The Morgan fingerprint density at radius 3 is 2.53 bits per heavy atom. The number of carbonyl (C=O) groups is 1. The zero-order chi connectivity index (χ0) is 25.2. The van der Waals surface area contributed by atoms with Crippen molar-refractivity contribution in [3.05, 3.63) is 88.3 Å². The fraction of sp³-hybridized carbons (Fsp3) is 0.154. The number of aromatic nitrogens is 4. The highest BCUT2D eigenvalue weighted by molar-refractivity contribution is 9.10. The highest BCUT2D eigenvalue weighted by Crippen LogP contribution is 2.38. The molecule has 2 N–H and O–H groups in total. The standard InChI is InChI=1S/C26H23BrN6O3/c1-15-22(25(34)30-19-8-5-9-28-14-19)23(16-6-4-7-18(27)10-16)33-26(29-15)31-24(32-33)17-11-20(35-2)13-21(12-17)36-3/h4-14,23H,1-3H3,(H,30,34)(H,29,31,32). The highest BCUT2D eigenvalue weighted by atomic mass is 79.9. The van der Waals surface area contributed by atoms with Crippen molar-refractivity contribution in [3.8, 4) is 22.9 Å². The Bertz CT molecular complexity index is 1450. The average Bonchev–Trinajstić information content (AvgIpc) is 3.31. The van der Waals surface area contributed by atoms with Crippen LogP contribution in [-0.4, -0.2) is 39.9 Å². The molecule has 0 fully saturated rings. The van der Waals surface area contributed by atoms with Crippen molar-refractivity contribution in [2.75, 3.05) is 24.9 Å². The molecule has 5 rings (SSSR count). The predicted octanol–water partition coefficient (Wildman–Crippen LogP) is 5.05. The van der Waals surface area contributed by atoms with E-state index >= 15 is 0 Å². The van der Waals surface area contributed by atoms with E-state index in [1.807, 2.05) is 43.3 Å². The molecule has 0 aliphatic carbocycles. The number of allylic oxidation sites excluding steroid dienone is 1. The van der Waals surface area contributed by atoms with Crippen molar-refractivity contribution in [2.45, 2.75) is 13.0 Å². The summed E-state index contributed by atoms with van der Waals surface area (Å²) in [5.41, 5.74) is 3.40. The van der Waals surface area contributed by atoms with Crippen LogP contribution in [0.4, 0.5) is 11.6 Å². The molecule has 1 aliphatic rings. The molecule has 3 heterocycles. The zero-order valence-electron chi connectivity index (χ0n) is 19.8. The second-order valence-corrected chi connectivity index (χ2v) is 9.04. The van der Waals surface area contributed by atoms with Crippen LogP contribution in [0.1, 0.15) is 18.5 Å². The lowest BCUT2D eigenvalue weighted by molar-refractivity contribution is -0.113. The van der Waals surface area contributed by atoms with E-state index in [4.69, 9.17) is 19.6 Å². The summed E-state index contributed by atoms with van der Waals surface area (Å²) in [4.78, 5) is 22.4. The molecule has 0 saturated carbocycles. The molecule has 36 heavy (non-hydrogen) atoms. The Morgan fingerprint density at radius 2 is 1.86 bits per heavy atom. The number of nitrogens with one attached hydrogen (secondary N) is 2. The first-order valence-electron chi connectivity index (χ1n) is 11.1. The van der Waals surface area contributed by atoms with E-state index in [1.165, 1.54) is 0 Å². The van der Waals surface area contributed by atoms with Crippen molar-refractivity contribution in [3.63, 3.8) is 0 Å². The normalized spacial score (nSPS) is 14.6. The number of hydrogen-bond acceptors (Lipinski definition) is 7. The number of nitrogens with zero attached hydrogens (tertiary/aromatic N) is 4. The van der Waals surface area contributed by atoms with Gasteiger partial charge in [-0.1, -0.05) is 28.1 Å². The van der Waals surface area contributed by atoms with Gasteiger partial charge in [0.25, 0.3) is 5.91 Å². The van der Waals surface area contributed by atoms with Crippen molar-refractivity contribution in [1.29, 1.82) is 0 Å². The molecule has 0 saturated heterocycles. The van der Waals surface area contributed by atoms with Gasteiger partial charge in [0, 0.05) is 28.0 Å². The second-order valence-electron chi connectivity index (χ2n) is 8.12. The zero-order valence-corrected chi connectivity index (χ0v) is 21.4. The van der Waals surface area contributed by atoms with Gasteiger partial charge >= 0.3 is 0 Å². The van der Waals surface area contributed by atoms with Gasteiger partial charge in [0.2, 0.25) is 5.95 Å².